The largest absolute Gasteiger partial charge is 0.463 e. The Hall–Kier alpha value is -5.33. The van der Waals surface area contributed by atoms with Crippen molar-refractivity contribution in [3.8, 4) is 16.9 Å². The number of benzene rings is 3. The lowest BCUT2D eigenvalue weighted by Gasteiger charge is -2.41. The molecular formula is C36H33F5N4O10. The first-order valence-electron chi connectivity index (χ1n) is 16.8. The van der Waals surface area contributed by atoms with Crippen LogP contribution in [0.3, 0.4) is 0 Å². The summed E-state index contributed by atoms with van der Waals surface area (Å²) in [5.74, 6) is -18.3. The molecule has 7 atom stereocenters. The minimum Gasteiger partial charge on any atom is -0.463 e. The summed E-state index contributed by atoms with van der Waals surface area (Å²) in [5.41, 5.74) is 12.9. The van der Waals surface area contributed by atoms with Gasteiger partial charge in [0, 0.05) is 17.8 Å². The lowest BCUT2D eigenvalue weighted by atomic mass is 9.97. The van der Waals surface area contributed by atoms with Crippen LogP contribution in [-0.4, -0.2) is 79.8 Å². The fourth-order valence-electron chi connectivity index (χ4n) is 6.74. The summed E-state index contributed by atoms with van der Waals surface area (Å²) in [6.07, 6.45) is -7.71. The molecule has 0 unspecified atom stereocenters. The van der Waals surface area contributed by atoms with Gasteiger partial charge in [-0.25, -0.2) is 22.8 Å². The molecule has 3 aromatic carbocycles. The second-order valence-corrected chi connectivity index (χ2v) is 13.2. The molecule has 6 rings (SSSR count). The Balaban J connectivity index is 1.27. The topological polar surface area (TPSA) is 177 Å². The number of carbonyl (C=O) groups is 3. The van der Waals surface area contributed by atoms with Gasteiger partial charge in [0.25, 0.3) is 0 Å². The van der Waals surface area contributed by atoms with Gasteiger partial charge in [0.1, 0.15) is 37.6 Å². The van der Waals surface area contributed by atoms with Gasteiger partial charge in [0.05, 0.1) is 6.10 Å². The zero-order chi connectivity index (χ0) is 39.8. The first kappa shape index (κ1) is 39.4. The number of esters is 2. The van der Waals surface area contributed by atoms with E-state index in [0.717, 1.165) is 36.1 Å². The summed E-state index contributed by atoms with van der Waals surface area (Å²) in [7, 11) is 0. The lowest BCUT2D eigenvalue weighted by Crippen LogP contribution is -2.59. The number of amides is 1. The summed E-state index contributed by atoms with van der Waals surface area (Å²) >= 11 is 0. The van der Waals surface area contributed by atoms with Gasteiger partial charge in [-0.05, 0) is 48.6 Å². The number of hydrogen-bond acceptors (Lipinski definition) is 11. The van der Waals surface area contributed by atoms with Crippen molar-refractivity contribution < 1.29 is 69.5 Å². The summed E-state index contributed by atoms with van der Waals surface area (Å²) in [5, 5.41) is 5.91. The summed E-state index contributed by atoms with van der Waals surface area (Å²) in [4.78, 5) is 41.4. The maximum absolute atomic E-state index is 14.6. The molecule has 3 aromatic rings. The van der Waals surface area contributed by atoms with Crippen LogP contribution in [0.1, 0.15) is 44.7 Å². The molecule has 1 amide bonds. The van der Waals surface area contributed by atoms with E-state index in [1.807, 2.05) is 48.5 Å². The molecule has 14 nitrogen and oxygen atoms in total. The molecule has 2 fully saturated rings. The average Bonchev–Trinajstić information content (AvgIpc) is 3.66. The van der Waals surface area contributed by atoms with Crippen LogP contribution in [0, 0.1) is 29.1 Å². The first-order valence-corrected chi connectivity index (χ1v) is 16.8. The monoisotopic (exact) mass is 776 g/mol. The molecule has 0 radical (unpaired) electrons. The van der Waals surface area contributed by atoms with Crippen molar-refractivity contribution >= 4 is 18.0 Å². The Labute approximate surface area is 309 Å². The van der Waals surface area contributed by atoms with E-state index in [4.69, 9.17) is 28.4 Å². The second kappa shape index (κ2) is 15.8. The number of ether oxygens (including phenoxy) is 7. The third kappa shape index (κ3) is 7.92. The molecule has 2 heterocycles. The number of nitrogens with zero attached hydrogens (tertiary/aromatic N) is 3. The molecule has 2 aliphatic heterocycles. The van der Waals surface area contributed by atoms with Crippen molar-refractivity contribution in [1.29, 1.82) is 0 Å². The highest BCUT2D eigenvalue weighted by Gasteiger charge is 2.56. The highest BCUT2D eigenvalue weighted by Crippen LogP contribution is 2.45. The van der Waals surface area contributed by atoms with Crippen molar-refractivity contribution in [3.63, 3.8) is 0 Å². The van der Waals surface area contributed by atoms with Crippen LogP contribution in [0.2, 0.25) is 0 Å². The Kier molecular flexibility index (Phi) is 11.3. The molecule has 2 saturated heterocycles. The molecule has 3 aliphatic rings. The lowest BCUT2D eigenvalue weighted by molar-refractivity contribution is -0.262. The third-order valence-corrected chi connectivity index (χ3v) is 9.15. The van der Waals surface area contributed by atoms with E-state index in [2.05, 4.69) is 20.1 Å². The van der Waals surface area contributed by atoms with Crippen molar-refractivity contribution in [1.82, 2.24) is 5.32 Å². The number of alkyl carbamates (subject to hydrolysis) is 1. The van der Waals surface area contributed by atoms with E-state index in [1.165, 1.54) is 0 Å². The fourth-order valence-corrected chi connectivity index (χ4v) is 6.74. The predicted molar refractivity (Wildman–Crippen MR) is 176 cm³/mol. The number of azide groups is 1. The smallest absolute Gasteiger partial charge is 0.407 e. The maximum atomic E-state index is 14.6. The number of nitrogens with one attached hydrogen (secondary N) is 1. The van der Waals surface area contributed by atoms with Crippen LogP contribution in [0.5, 0.6) is 5.75 Å². The Morgan fingerprint density at radius 2 is 1.44 bits per heavy atom. The molecule has 0 bridgehead atoms. The number of fused-ring (bicyclic) bond motifs is 4. The third-order valence-electron chi connectivity index (χ3n) is 9.15. The van der Waals surface area contributed by atoms with E-state index in [1.54, 1.807) is 13.8 Å². The van der Waals surface area contributed by atoms with Crippen LogP contribution >= 0.6 is 0 Å². The van der Waals surface area contributed by atoms with Crippen molar-refractivity contribution in [3.05, 3.63) is 99.2 Å². The molecule has 19 heteroatoms. The van der Waals surface area contributed by atoms with E-state index < -0.39 is 114 Å². The van der Waals surface area contributed by atoms with Crippen LogP contribution in [0.25, 0.3) is 21.6 Å². The number of hydrogen-bond donors (Lipinski definition) is 1. The summed E-state index contributed by atoms with van der Waals surface area (Å²) in [6.45, 7) is 4.77. The van der Waals surface area contributed by atoms with E-state index in [-0.39, 0.29) is 6.61 Å². The average molecular weight is 777 g/mol. The molecule has 1 aliphatic carbocycles. The van der Waals surface area contributed by atoms with Gasteiger partial charge >= 0.3 is 18.0 Å². The van der Waals surface area contributed by atoms with Crippen molar-refractivity contribution in [2.24, 2.45) is 5.11 Å². The molecule has 292 valence electrons. The molecule has 0 aromatic heterocycles. The zero-order valence-corrected chi connectivity index (χ0v) is 29.5. The van der Waals surface area contributed by atoms with Crippen LogP contribution in [-0.2, 0) is 38.0 Å². The second-order valence-electron chi connectivity index (χ2n) is 13.2. The van der Waals surface area contributed by atoms with Gasteiger partial charge in [-0.1, -0.05) is 53.6 Å². The zero-order valence-electron chi connectivity index (χ0n) is 29.5. The fraction of sp³-hybridized carbons (Fsp3) is 0.417. The standard InChI is InChI=1S/C36H33F5N4O10/c1-15(51-34-29(44-45-42)32-30(54-36(3,4)55-32)22(52-34)14-49-16(2)46)28(33(47)53-31-26(40)24(38)23(37)25(39)27(31)41)43-35(48)50-13-21-19-11-7-5-9-17(19)18-10-6-8-12-20(18)21/h5-12,15,21-22,28-30,32,34H,13-14H2,1-4H3,(H,43,48)/t15-,22-,28+,29-,30+,32-,34+/m1/s1. The normalized spacial score (nSPS) is 23.3. The minimum absolute atomic E-state index is 0.257. The van der Waals surface area contributed by atoms with Gasteiger partial charge in [-0.2, -0.15) is 8.78 Å². The Morgan fingerprint density at radius 1 is 0.873 bits per heavy atom. The quantitative estimate of drug-likeness (QED) is 0.0351. The van der Waals surface area contributed by atoms with Gasteiger partial charge < -0.3 is 38.5 Å². The van der Waals surface area contributed by atoms with Crippen LogP contribution in [0.4, 0.5) is 26.7 Å². The van der Waals surface area contributed by atoms with Crippen LogP contribution < -0.4 is 10.1 Å². The van der Waals surface area contributed by atoms with Gasteiger partial charge in [-0.3, -0.25) is 4.79 Å². The van der Waals surface area contributed by atoms with E-state index in [0.29, 0.717) is 0 Å². The summed E-state index contributed by atoms with van der Waals surface area (Å²) < 4.78 is 110. The molecule has 0 saturated carbocycles. The summed E-state index contributed by atoms with van der Waals surface area (Å²) in [6, 6.07) is 11.4. The van der Waals surface area contributed by atoms with Gasteiger partial charge in [0.15, 0.2) is 18.1 Å². The Morgan fingerprint density at radius 3 is 2.02 bits per heavy atom. The minimum atomic E-state index is -2.50. The van der Waals surface area contributed by atoms with Gasteiger partial charge in [-0.15, -0.1) is 0 Å². The molecule has 55 heavy (non-hydrogen) atoms. The van der Waals surface area contributed by atoms with Crippen molar-refractivity contribution in [2.75, 3.05) is 13.2 Å². The maximum Gasteiger partial charge on any atom is 0.407 e. The highest BCUT2D eigenvalue weighted by atomic mass is 19.2. The number of carbonyl (C=O) groups excluding carboxylic acids is 3. The number of rotatable bonds is 11. The molecular weight excluding hydrogens is 743 g/mol. The SMILES string of the molecule is CC(=O)OC[C@H]1O[C@H](O[C@H](C)[C@H](NC(=O)OCC2c3ccccc3-c3ccccc32)C(=O)Oc2c(F)c(F)c(F)c(F)c2F)[C@H](N=[N+]=[N-])[C@H]2OC(C)(C)O[C@H]21. The highest BCUT2D eigenvalue weighted by molar-refractivity contribution is 5.84. The molecule has 0 spiro atoms. The molecule has 1 N–H and O–H groups in total. The van der Waals surface area contributed by atoms with E-state index >= 15 is 0 Å². The number of halogens is 5. The Bertz CT molecular complexity index is 1970. The van der Waals surface area contributed by atoms with Gasteiger partial charge in [0.2, 0.25) is 34.8 Å². The van der Waals surface area contributed by atoms with Crippen molar-refractivity contribution in [2.45, 2.75) is 82.2 Å². The van der Waals surface area contributed by atoms with Crippen LogP contribution in [0.15, 0.2) is 53.6 Å². The first-order chi connectivity index (χ1) is 26.1. The van der Waals surface area contributed by atoms with E-state index in [9.17, 15) is 41.9 Å². The predicted octanol–water partition coefficient (Wildman–Crippen LogP) is 6.09.